The number of hydrogen-bond acceptors (Lipinski definition) is 6. The molecular weight excluding hydrogens is 330 g/mol. The molecule has 1 heterocycles. The summed E-state index contributed by atoms with van der Waals surface area (Å²) in [6.07, 6.45) is 0. The maximum absolute atomic E-state index is 5.91. The van der Waals surface area contributed by atoms with Crippen molar-refractivity contribution in [2.75, 3.05) is 7.11 Å². The van der Waals surface area contributed by atoms with Crippen LogP contribution in [0.15, 0.2) is 48.5 Å². The van der Waals surface area contributed by atoms with Crippen LogP contribution in [0, 0.1) is 0 Å². The molecule has 1 N–H and O–H groups in total. The van der Waals surface area contributed by atoms with E-state index in [0.29, 0.717) is 11.5 Å². The van der Waals surface area contributed by atoms with Crippen molar-refractivity contribution in [1.29, 1.82) is 0 Å². The van der Waals surface area contributed by atoms with Gasteiger partial charge in [-0.1, -0.05) is 29.4 Å². The van der Waals surface area contributed by atoms with Gasteiger partial charge in [-0.3, -0.25) is 0 Å². The molecule has 7 heteroatoms. The van der Waals surface area contributed by atoms with Crippen LogP contribution < -0.4 is 14.8 Å². The standard InChI is InChI=1S/C19H23N5O2/c1-19(2,3)20-13-14-10-11-16(17(12-14)25-4)26-18-21-22-23-24(18)15-8-6-5-7-9-15/h5-12,20H,13H2,1-4H3. The van der Waals surface area contributed by atoms with Gasteiger partial charge >= 0.3 is 6.01 Å². The molecule has 2 aromatic carbocycles. The second kappa shape index (κ2) is 7.53. The zero-order chi connectivity index (χ0) is 18.6. The van der Waals surface area contributed by atoms with Crippen LogP contribution >= 0.6 is 0 Å². The van der Waals surface area contributed by atoms with Gasteiger partial charge in [0.05, 0.1) is 12.8 Å². The van der Waals surface area contributed by atoms with E-state index in [0.717, 1.165) is 17.8 Å². The quantitative estimate of drug-likeness (QED) is 0.732. The first kappa shape index (κ1) is 17.9. The Morgan fingerprint density at radius 1 is 1.04 bits per heavy atom. The van der Waals surface area contributed by atoms with Crippen LogP contribution in [0.25, 0.3) is 5.69 Å². The summed E-state index contributed by atoms with van der Waals surface area (Å²) in [4.78, 5) is 0. The van der Waals surface area contributed by atoms with Gasteiger partial charge < -0.3 is 14.8 Å². The number of hydrogen-bond donors (Lipinski definition) is 1. The summed E-state index contributed by atoms with van der Waals surface area (Å²) in [5.74, 6) is 1.18. The van der Waals surface area contributed by atoms with Crippen LogP contribution in [0.4, 0.5) is 0 Å². The van der Waals surface area contributed by atoms with Crippen LogP contribution in [-0.2, 0) is 6.54 Å². The normalized spacial score (nSPS) is 11.4. The highest BCUT2D eigenvalue weighted by Crippen LogP contribution is 2.32. The van der Waals surface area contributed by atoms with Crippen molar-refractivity contribution in [3.63, 3.8) is 0 Å². The highest BCUT2D eigenvalue weighted by molar-refractivity contribution is 5.44. The molecule has 0 fully saturated rings. The van der Waals surface area contributed by atoms with E-state index in [9.17, 15) is 0 Å². The van der Waals surface area contributed by atoms with Crippen molar-refractivity contribution in [2.45, 2.75) is 32.9 Å². The van der Waals surface area contributed by atoms with E-state index in [4.69, 9.17) is 9.47 Å². The van der Waals surface area contributed by atoms with E-state index >= 15 is 0 Å². The summed E-state index contributed by atoms with van der Waals surface area (Å²) < 4.78 is 12.9. The fourth-order valence-electron chi connectivity index (χ4n) is 2.35. The first-order valence-electron chi connectivity index (χ1n) is 8.40. The van der Waals surface area contributed by atoms with Gasteiger partial charge in [0.1, 0.15) is 0 Å². The first-order chi connectivity index (χ1) is 12.5. The summed E-state index contributed by atoms with van der Waals surface area (Å²) in [6.45, 7) is 7.13. The van der Waals surface area contributed by atoms with Gasteiger partial charge in [-0.05, 0) is 61.0 Å². The van der Waals surface area contributed by atoms with Gasteiger partial charge in [-0.25, -0.2) is 0 Å². The Balaban J connectivity index is 1.82. The van der Waals surface area contributed by atoms with Crippen LogP contribution in [-0.4, -0.2) is 32.9 Å². The number of ether oxygens (including phenoxy) is 2. The number of tetrazole rings is 1. The van der Waals surface area contributed by atoms with Crippen LogP contribution in [0.5, 0.6) is 17.5 Å². The molecule has 0 saturated heterocycles. The van der Waals surface area contributed by atoms with E-state index in [1.54, 1.807) is 7.11 Å². The van der Waals surface area contributed by atoms with Crippen molar-refractivity contribution in [1.82, 2.24) is 25.5 Å². The van der Waals surface area contributed by atoms with Gasteiger partial charge in [0.15, 0.2) is 11.5 Å². The molecule has 0 saturated carbocycles. The second-order valence-electron chi connectivity index (χ2n) is 6.90. The molecule has 0 aliphatic carbocycles. The van der Waals surface area contributed by atoms with Crippen LogP contribution in [0.2, 0.25) is 0 Å². The van der Waals surface area contributed by atoms with E-state index in [2.05, 4.69) is 41.6 Å². The highest BCUT2D eigenvalue weighted by atomic mass is 16.5. The predicted octanol–water partition coefficient (Wildman–Crippen LogP) is 3.35. The maximum Gasteiger partial charge on any atom is 0.346 e. The third kappa shape index (κ3) is 4.37. The van der Waals surface area contributed by atoms with Crippen molar-refractivity contribution in [2.24, 2.45) is 0 Å². The van der Waals surface area contributed by atoms with Gasteiger partial charge in [-0.15, -0.1) is 0 Å². The summed E-state index contributed by atoms with van der Waals surface area (Å²) in [5, 5.41) is 15.1. The second-order valence-corrected chi connectivity index (χ2v) is 6.90. The van der Waals surface area contributed by atoms with Gasteiger partial charge in [0, 0.05) is 12.1 Å². The van der Waals surface area contributed by atoms with E-state index < -0.39 is 0 Å². The number of methoxy groups -OCH3 is 1. The lowest BCUT2D eigenvalue weighted by atomic mass is 10.1. The molecule has 3 aromatic rings. The fourth-order valence-corrected chi connectivity index (χ4v) is 2.35. The molecule has 136 valence electrons. The van der Waals surface area contributed by atoms with E-state index in [1.807, 2.05) is 48.5 Å². The SMILES string of the molecule is COc1cc(CNC(C)(C)C)ccc1Oc1nnnn1-c1ccccc1. The molecule has 0 spiro atoms. The molecule has 0 bridgehead atoms. The third-order valence-corrected chi connectivity index (χ3v) is 3.69. The minimum absolute atomic E-state index is 0.0418. The monoisotopic (exact) mass is 353 g/mol. The lowest BCUT2D eigenvalue weighted by molar-refractivity contribution is 0.362. The Kier molecular flexibility index (Phi) is 5.18. The highest BCUT2D eigenvalue weighted by Gasteiger charge is 2.15. The fraction of sp³-hybridized carbons (Fsp3) is 0.316. The summed E-state index contributed by atoms with van der Waals surface area (Å²) >= 11 is 0. The molecule has 3 rings (SSSR count). The van der Waals surface area contributed by atoms with Crippen molar-refractivity contribution < 1.29 is 9.47 Å². The number of nitrogens with one attached hydrogen (secondary N) is 1. The zero-order valence-corrected chi connectivity index (χ0v) is 15.4. The number of nitrogens with zero attached hydrogens (tertiary/aromatic N) is 4. The minimum atomic E-state index is 0.0418. The Bertz CT molecular complexity index is 856. The van der Waals surface area contributed by atoms with Crippen molar-refractivity contribution in [3.05, 3.63) is 54.1 Å². The summed E-state index contributed by atoms with van der Waals surface area (Å²) in [6, 6.07) is 15.7. The average Bonchev–Trinajstić information content (AvgIpc) is 3.09. The lowest BCUT2D eigenvalue weighted by Gasteiger charge is -2.21. The topological polar surface area (TPSA) is 74.1 Å². The third-order valence-electron chi connectivity index (χ3n) is 3.69. The molecule has 0 aliphatic heterocycles. The molecule has 0 unspecified atom stereocenters. The molecule has 26 heavy (non-hydrogen) atoms. The van der Waals surface area contributed by atoms with Gasteiger partial charge in [-0.2, -0.15) is 4.68 Å². The van der Waals surface area contributed by atoms with Crippen molar-refractivity contribution in [3.8, 4) is 23.2 Å². The molecule has 0 aliphatic rings. The molecule has 1 aromatic heterocycles. The number of aromatic nitrogens is 4. The lowest BCUT2D eigenvalue weighted by Crippen LogP contribution is -2.35. The smallest absolute Gasteiger partial charge is 0.346 e. The summed E-state index contributed by atoms with van der Waals surface area (Å²) in [7, 11) is 1.61. The Morgan fingerprint density at radius 3 is 2.50 bits per heavy atom. The molecule has 0 amide bonds. The molecule has 0 atom stereocenters. The number of benzene rings is 2. The molecule has 0 radical (unpaired) electrons. The minimum Gasteiger partial charge on any atom is -0.493 e. The number of para-hydroxylation sites is 1. The first-order valence-corrected chi connectivity index (χ1v) is 8.40. The Labute approximate surface area is 152 Å². The zero-order valence-electron chi connectivity index (χ0n) is 15.4. The van der Waals surface area contributed by atoms with E-state index in [1.165, 1.54) is 4.68 Å². The summed E-state index contributed by atoms with van der Waals surface area (Å²) in [5.41, 5.74) is 1.96. The Morgan fingerprint density at radius 2 is 1.81 bits per heavy atom. The van der Waals surface area contributed by atoms with Crippen molar-refractivity contribution >= 4 is 0 Å². The van der Waals surface area contributed by atoms with Gasteiger partial charge in [0.25, 0.3) is 0 Å². The van der Waals surface area contributed by atoms with E-state index in [-0.39, 0.29) is 11.5 Å². The predicted molar refractivity (Wildman–Crippen MR) is 98.8 cm³/mol. The molecular formula is C19H23N5O2. The largest absolute Gasteiger partial charge is 0.493 e. The maximum atomic E-state index is 5.91. The van der Waals surface area contributed by atoms with Crippen LogP contribution in [0.3, 0.4) is 0 Å². The average molecular weight is 353 g/mol. The Hall–Kier alpha value is -2.93. The molecule has 7 nitrogen and oxygen atoms in total. The van der Waals surface area contributed by atoms with Crippen LogP contribution in [0.1, 0.15) is 26.3 Å². The number of rotatable bonds is 6. The van der Waals surface area contributed by atoms with Gasteiger partial charge in [0.2, 0.25) is 0 Å².